The molecule has 2 heterocycles. The second kappa shape index (κ2) is 6.45. The summed E-state index contributed by atoms with van der Waals surface area (Å²) in [6.07, 6.45) is 1.89. The van der Waals surface area contributed by atoms with Gasteiger partial charge in [0, 0.05) is 39.3 Å². The summed E-state index contributed by atoms with van der Waals surface area (Å²) in [5.41, 5.74) is 0.643. The lowest BCUT2D eigenvalue weighted by molar-refractivity contribution is 0.0526. The molecule has 1 unspecified atom stereocenters. The summed E-state index contributed by atoms with van der Waals surface area (Å²) < 4.78 is 0. The van der Waals surface area contributed by atoms with Crippen LogP contribution in [0.4, 0.5) is 0 Å². The summed E-state index contributed by atoms with van der Waals surface area (Å²) in [6.45, 7) is 4.94. The average Bonchev–Trinajstić information content (AvgIpc) is 2.89. The number of nitrogens with one attached hydrogen (secondary N) is 2. The summed E-state index contributed by atoms with van der Waals surface area (Å²) >= 11 is 0. The minimum atomic E-state index is -0.656. The lowest BCUT2D eigenvalue weighted by atomic mass is 10.0. The fourth-order valence-electron chi connectivity index (χ4n) is 2.96. The number of nitrogens with zero attached hydrogens (tertiary/aromatic N) is 2. The highest BCUT2D eigenvalue weighted by Gasteiger charge is 2.36. The van der Waals surface area contributed by atoms with Gasteiger partial charge in [-0.15, -0.1) is 0 Å². The van der Waals surface area contributed by atoms with Gasteiger partial charge in [0.1, 0.15) is 0 Å². The molecule has 0 amide bonds. The van der Waals surface area contributed by atoms with E-state index in [0.29, 0.717) is 13.1 Å². The number of aliphatic hydroxyl groups is 1. The fraction of sp³-hybridized carbons (Fsp3) is 0.562. The molecule has 2 aliphatic rings. The molecular formula is C16H24N4O. The zero-order chi connectivity index (χ0) is 14.5. The second-order valence-electron chi connectivity index (χ2n) is 6.03. The number of guanidine groups is 1. The van der Waals surface area contributed by atoms with Crippen molar-refractivity contribution in [3.8, 4) is 0 Å². The van der Waals surface area contributed by atoms with Crippen molar-refractivity contribution in [2.24, 2.45) is 4.99 Å². The SMILES string of the molecule is OC1(CNC2=NCCCN2)CCN(Cc2ccccc2)C1. The van der Waals surface area contributed by atoms with E-state index in [4.69, 9.17) is 0 Å². The minimum absolute atomic E-state index is 0.560. The number of aliphatic imine (C=N–C) groups is 1. The number of hydrogen-bond acceptors (Lipinski definition) is 5. The summed E-state index contributed by atoms with van der Waals surface area (Å²) in [5, 5.41) is 17.2. The zero-order valence-corrected chi connectivity index (χ0v) is 12.4. The van der Waals surface area contributed by atoms with Gasteiger partial charge < -0.3 is 15.7 Å². The van der Waals surface area contributed by atoms with Crippen LogP contribution in [0.1, 0.15) is 18.4 Å². The molecular weight excluding hydrogens is 264 g/mol. The van der Waals surface area contributed by atoms with E-state index in [1.54, 1.807) is 0 Å². The first-order chi connectivity index (χ1) is 10.2. The third-order valence-corrected chi connectivity index (χ3v) is 4.14. The van der Waals surface area contributed by atoms with Crippen LogP contribution in [0.2, 0.25) is 0 Å². The Hall–Kier alpha value is -1.59. The van der Waals surface area contributed by atoms with Crippen molar-refractivity contribution in [2.45, 2.75) is 25.0 Å². The van der Waals surface area contributed by atoms with Gasteiger partial charge in [0.25, 0.3) is 0 Å². The Kier molecular flexibility index (Phi) is 4.41. The van der Waals surface area contributed by atoms with Crippen LogP contribution >= 0.6 is 0 Å². The third-order valence-electron chi connectivity index (χ3n) is 4.14. The van der Waals surface area contributed by atoms with Crippen LogP contribution in [0.3, 0.4) is 0 Å². The maximum absolute atomic E-state index is 10.7. The number of β-amino-alcohol motifs (C(OH)–C–C–N with tert-alkyl or cyclic N) is 1. The molecule has 0 aliphatic carbocycles. The molecule has 0 aromatic heterocycles. The van der Waals surface area contributed by atoms with Crippen LogP contribution < -0.4 is 10.6 Å². The molecule has 5 heteroatoms. The quantitative estimate of drug-likeness (QED) is 0.758. The highest BCUT2D eigenvalue weighted by atomic mass is 16.3. The smallest absolute Gasteiger partial charge is 0.191 e. The Morgan fingerprint density at radius 3 is 2.95 bits per heavy atom. The molecule has 1 atom stereocenters. The Morgan fingerprint density at radius 1 is 1.33 bits per heavy atom. The van der Waals surface area contributed by atoms with Crippen LogP contribution in [0.15, 0.2) is 35.3 Å². The monoisotopic (exact) mass is 288 g/mol. The summed E-state index contributed by atoms with van der Waals surface area (Å²) in [5.74, 6) is 0.830. The van der Waals surface area contributed by atoms with E-state index in [2.05, 4.69) is 44.8 Å². The first-order valence-corrected chi connectivity index (χ1v) is 7.74. The van der Waals surface area contributed by atoms with Crippen molar-refractivity contribution in [3.05, 3.63) is 35.9 Å². The standard InChI is InChI=1S/C16H24N4O/c21-16(12-19-15-17-8-4-9-18-15)7-10-20(13-16)11-14-5-2-1-3-6-14/h1-3,5-6,21H,4,7-13H2,(H2,17,18,19). The van der Waals surface area contributed by atoms with E-state index in [9.17, 15) is 5.11 Å². The van der Waals surface area contributed by atoms with Gasteiger partial charge in [-0.3, -0.25) is 9.89 Å². The van der Waals surface area contributed by atoms with Crippen molar-refractivity contribution in [2.75, 3.05) is 32.7 Å². The van der Waals surface area contributed by atoms with Gasteiger partial charge in [-0.05, 0) is 18.4 Å². The van der Waals surface area contributed by atoms with Gasteiger partial charge in [0.05, 0.1) is 5.60 Å². The van der Waals surface area contributed by atoms with Gasteiger partial charge >= 0.3 is 0 Å². The topological polar surface area (TPSA) is 59.9 Å². The highest BCUT2D eigenvalue weighted by molar-refractivity contribution is 5.80. The van der Waals surface area contributed by atoms with Gasteiger partial charge in [0.15, 0.2) is 5.96 Å². The average molecular weight is 288 g/mol. The largest absolute Gasteiger partial charge is 0.387 e. The number of rotatable bonds is 4. The van der Waals surface area contributed by atoms with Crippen molar-refractivity contribution in [1.82, 2.24) is 15.5 Å². The molecule has 0 spiro atoms. The Bertz CT molecular complexity index is 490. The van der Waals surface area contributed by atoms with E-state index in [0.717, 1.165) is 45.0 Å². The third kappa shape index (κ3) is 3.95. The molecule has 3 N–H and O–H groups in total. The van der Waals surface area contributed by atoms with Crippen molar-refractivity contribution < 1.29 is 5.11 Å². The highest BCUT2D eigenvalue weighted by Crippen LogP contribution is 2.22. The lowest BCUT2D eigenvalue weighted by Gasteiger charge is -2.26. The first-order valence-electron chi connectivity index (χ1n) is 7.74. The lowest BCUT2D eigenvalue weighted by Crippen LogP contribution is -2.49. The van der Waals surface area contributed by atoms with Crippen molar-refractivity contribution in [3.63, 3.8) is 0 Å². The van der Waals surface area contributed by atoms with Crippen LogP contribution in [-0.2, 0) is 6.54 Å². The molecule has 3 rings (SSSR count). The summed E-state index contributed by atoms with van der Waals surface area (Å²) in [6, 6.07) is 10.4. The molecule has 5 nitrogen and oxygen atoms in total. The summed E-state index contributed by atoms with van der Waals surface area (Å²) in [4.78, 5) is 6.69. The molecule has 0 bridgehead atoms. The molecule has 2 aliphatic heterocycles. The molecule has 1 saturated heterocycles. The van der Waals surface area contributed by atoms with E-state index in [-0.39, 0.29) is 0 Å². The van der Waals surface area contributed by atoms with E-state index in [1.807, 2.05) is 6.07 Å². The number of benzene rings is 1. The van der Waals surface area contributed by atoms with Gasteiger partial charge in [0.2, 0.25) is 0 Å². The zero-order valence-electron chi connectivity index (χ0n) is 12.4. The molecule has 0 radical (unpaired) electrons. The molecule has 1 aromatic carbocycles. The van der Waals surface area contributed by atoms with Crippen LogP contribution in [0, 0.1) is 0 Å². The number of hydrogen-bond donors (Lipinski definition) is 3. The maximum Gasteiger partial charge on any atom is 0.191 e. The van der Waals surface area contributed by atoms with E-state index >= 15 is 0 Å². The molecule has 1 fully saturated rings. The van der Waals surface area contributed by atoms with Gasteiger partial charge in [-0.2, -0.15) is 0 Å². The first kappa shape index (κ1) is 14.4. The Balaban J connectivity index is 1.49. The van der Waals surface area contributed by atoms with Crippen LogP contribution in [0.25, 0.3) is 0 Å². The molecule has 21 heavy (non-hydrogen) atoms. The summed E-state index contributed by atoms with van der Waals surface area (Å²) in [7, 11) is 0. The molecule has 114 valence electrons. The Labute approximate surface area is 126 Å². The van der Waals surface area contributed by atoms with Crippen molar-refractivity contribution >= 4 is 5.96 Å². The van der Waals surface area contributed by atoms with Gasteiger partial charge in [-0.25, -0.2) is 0 Å². The van der Waals surface area contributed by atoms with Crippen molar-refractivity contribution in [1.29, 1.82) is 0 Å². The predicted molar refractivity (Wildman–Crippen MR) is 84.2 cm³/mol. The molecule has 1 aromatic rings. The van der Waals surface area contributed by atoms with Gasteiger partial charge in [-0.1, -0.05) is 30.3 Å². The molecule has 0 saturated carbocycles. The van der Waals surface area contributed by atoms with Crippen LogP contribution in [0.5, 0.6) is 0 Å². The van der Waals surface area contributed by atoms with E-state index in [1.165, 1.54) is 5.56 Å². The predicted octanol–water partition coefficient (Wildman–Crippen LogP) is 0.562. The minimum Gasteiger partial charge on any atom is -0.387 e. The Morgan fingerprint density at radius 2 is 2.19 bits per heavy atom. The number of likely N-dealkylation sites (tertiary alicyclic amines) is 1. The van der Waals surface area contributed by atoms with Crippen LogP contribution in [-0.4, -0.2) is 54.3 Å². The normalized spacial score (nSPS) is 26.2. The van der Waals surface area contributed by atoms with E-state index < -0.39 is 5.60 Å². The second-order valence-corrected chi connectivity index (χ2v) is 6.03. The maximum atomic E-state index is 10.7. The fourth-order valence-corrected chi connectivity index (χ4v) is 2.96.